The summed E-state index contributed by atoms with van der Waals surface area (Å²) in [6.45, 7) is 0.387. The zero-order valence-electron chi connectivity index (χ0n) is 19.8. The zero-order chi connectivity index (χ0) is 26.5. The number of pyridine rings is 1. The van der Waals surface area contributed by atoms with E-state index in [0.29, 0.717) is 13.0 Å². The molecule has 198 valence electrons. The van der Waals surface area contributed by atoms with Gasteiger partial charge in [0.05, 0.1) is 27.9 Å². The number of aromatic nitrogens is 3. The van der Waals surface area contributed by atoms with Crippen molar-refractivity contribution in [3.05, 3.63) is 40.8 Å². The van der Waals surface area contributed by atoms with Crippen molar-refractivity contribution in [1.82, 2.24) is 14.5 Å². The van der Waals surface area contributed by atoms with E-state index in [4.69, 9.17) is 16.3 Å². The number of benzene rings is 1. The average molecular weight is 557 g/mol. The second-order valence-electron chi connectivity index (χ2n) is 9.33. The third-order valence-electron chi connectivity index (χ3n) is 6.46. The molecule has 1 N–H and O–H groups in total. The van der Waals surface area contributed by atoms with Gasteiger partial charge in [0, 0.05) is 24.3 Å². The van der Waals surface area contributed by atoms with Gasteiger partial charge in [0.15, 0.2) is 21.3 Å². The van der Waals surface area contributed by atoms with Gasteiger partial charge in [0.1, 0.15) is 23.7 Å². The van der Waals surface area contributed by atoms with E-state index in [1.54, 1.807) is 0 Å². The molecule has 1 aliphatic carbocycles. The van der Waals surface area contributed by atoms with E-state index in [-0.39, 0.29) is 56.8 Å². The van der Waals surface area contributed by atoms with Gasteiger partial charge in [-0.05, 0) is 49.9 Å². The maximum absolute atomic E-state index is 14.1. The molecule has 3 aromatic rings. The van der Waals surface area contributed by atoms with E-state index in [9.17, 15) is 26.4 Å². The number of imidazole rings is 1. The molecule has 37 heavy (non-hydrogen) atoms. The Balaban J connectivity index is 1.67. The first kappa shape index (κ1) is 25.9. The van der Waals surface area contributed by atoms with Crippen LogP contribution in [-0.4, -0.2) is 47.8 Å². The topological polar surface area (TPSA) is 103 Å². The molecule has 0 amide bonds. The molecule has 1 saturated carbocycles. The van der Waals surface area contributed by atoms with Gasteiger partial charge in [0.2, 0.25) is 0 Å². The Hall–Kier alpha value is -2.70. The van der Waals surface area contributed by atoms with Crippen LogP contribution in [0.4, 0.5) is 24.5 Å². The van der Waals surface area contributed by atoms with Crippen LogP contribution in [0, 0.1) is 5.92 Å². The normalized spacial score (nSPS) is 21.9. The van der Waals surface area contributed by atoms with Gasteiger partial charge in [-0.25, -0.2) is 31.6 Å². The van der Waals surface area contributed by atoms with Crippen LogP contribution in [0.25, 0.3) is 11.2 Å². The number of carbonyl (C=O) groups excluding carboxylic acids is 1. The van der Waals surface area contributed by atoms with Crippen molar-refractivity contribution in [2.75, 3.05) is 18.2 Å². The predicted molar refractivity (Wildman–Crippen MR) is 131 cm³/mol. The highest BCUT2D eigenvalue weighted by atomic mass is 35.5. The molecule has 2 aliphatic rings. The van der Waals surface area contributed by atoms with Crippen molar-refractivity contribution < 1.29 is 31.1 Å². The molecule has 8 nitrogen and oxygen atoms in total. The van der Waals surface area contributed by atoms with Crippen molar-refractivity contribution in [3.63, 3.8) is 0 Å². The Morgan fingerprint density at radius 3 is 2.62 bits per heavy atom. The Bertz CT molecular complexity index is 1470. The van der Waals surface area contributed by atoms with Crippen molar-refractivity contribution in [2.24, 2.45) is 5.92 Å². The van der Waals surface area contributed by atoms with E-state index in [1.807, 2.05) is 0 Å². The lowest BCUT2D eigenvalue weighted by molar-refractivity contribution is -0.120. The van der Waals surface area contributed by atoms with Crippen LogP contribution in [0.15, 0.2) is 29.2 Å². The molecule has 2 fully saturated rings. The first-order valence-corrected chi connectivity index (χ1v) is 14.0. The maximum atomic E-state index is 14.1. The molecule has 5 rings (SSSR count). The molecular formula is C24H24ClF3N4O4S. The SMILES string of the molecule is CS(=O)(=O)c1cc(Cl)ccc1Nc1cc(CC(=O)[C@H]2C[C@H]2F)nc2c1nc(C(F)F)n2C1CCCCO1. The summed E-state index contributed by atoms with van der Waals surface area (Å²) in [5.41, 5.74) is 0.655. The lowest BCUT2D eigenvalue weighted by Gasteiger charge is -2.25. The van der Waals surface area contributed by atoms with E-state index in [2.05, 4.69) is 15.3 Å². The van der Waals surface area contributed by atoms with Crippen LogP contribution < -0.4 is 5.32 Å². The van der Waals surface area contributed by atoms with Gasteiger partial charge in [-0.3, -0.25) is 9.36 Å². The van der Waals surface area contributed by atoms with Crippen LogP contribution in [0.5, 0.6) is 0 Å². The number of Topliss-reactive ketones (excluding diaryl/α,β-unsaturated/α-hetero) is 1. The van der Waals surface area contributed by atoms with Crippen LogP contribution in [0.2, 0.25) is 5.02 Å². The van der Waals surface area contributed by atoms with Gasteiger partial charge >= 0.3 is 0 Å². The molecule has 0 bridgehead atoms. The average Bonchev–Trinajstić information content (AvgIpc) is 3.44. The molecule has 3 atom stereocenters. The highest BCUT2D eigenvalue weighted by Gasteiger charge is 2.43. The molecular weight excluding hydrogens is 533 g/mol. The summed E-state index contributed by atoms with van der Waals surface area (Å²) in [6.07, 6.45) is -1.88. The minimum atomic E-state index is -3.73. The summed E-state index contributed by atoms with van der Waals surface area (Å²) in [5, 5.41) is 3.17. The first-order chi connectivity index (χ1) is 17.5. The van der Waals surface area contributed by atoms with E-state index in [0.717, 1.165) is 19.1 Å². The Morgan fingerprint density at radius 1 is 1.24 bits per heavy atom. The molecule has 2 aromatic heterocycles. The first-order valence-electron chi connectivity index (χ1n) is 11.8. The van der Waals surface area contributed by atoms with Crippen molar-refractivity contribution in [2.45, 2.75) is 55.8 Å². The molecule has 0 spiro atoms. The molecule has 1 aliphatic heterocycles. The van der Waals surface area contributed by atoms with Crippen LogP contribution in [0.1, 0.15) is 49.9 Å². The van der Waals surface area contributed by atoms with Gasteiger partial charge in [-0.2, -0.15) is 0 Å². The maximum Gasteiger partial charge on any atom is 0.295 e. The van der Waals surface area contributed by atoms with Gasteiger partial charge in [0.25, 0.3) is 6.43 Å². The highest BCUT2D eigenvalue weighted by molar-refractivity contribution is 7.90. The van der Waals surface area contributed by atoms with Crippen molar-refractivity contribution in [3.8, 4) is 0 Å². The second-order valence-corrected chi connectivity index (χ2v) is 11.8. The van der Waals surface area contributed by atoms with Gasteiger partial charge in [-0.15, -0.1) is 0 Å². The number of alkyl halides is 3. The summed E-state index contributed by atoms with van der Waals surface area (Å²) in [7, 11) is -3.73. The second kappa shape index (κ2) is 9.88. The number of fused-ring (bicyclic) bond motifs is 1. The summed E-state index contributed by atoms with van der Waals surface area (Å²) < 4.78 is 73.6. The van der Waals surface area contributed by atoms with Crippen LogP contribution >= 0.6 is 11.6 Å². The van der Waals surface area contributed by atoms with Crippen LogP contribution in [-0.2, 0) is 25.8 Å². The number of sulfone groups is 1. The minimum Gasteiger partial charge on any atom is -0.358 e. The monoisotopic (exact) mass is 556 g/mol. The Labute approximate surface area is 216 Å². The van der Waals surface area contributed by atoms with Gasteiger partial charge in [-0.1, -0.05) is 11.6 Å². The largest absolute Gasteiger partial charge is 0.358 e. The number of ether oxygens (including phenoxy) is 1. The fourth-order valence-corrected chi connectivity index (χ4v) is 5.64. The third-order valence-corrected chi connectivity index (χ3v) is 7.83. The molecule has 3 heterocycles. The van der Waals surface area contributed by atoms with E-state index in [1.165, 1.54) is 28.8 Å². The molecule has 1 aromatic carbocycles. The summed E-state index contributed by atoms with van der Waals surface area (Å²) >= 11 is 6.01. The number of halogens is 4. The predicted octanol–water partition coefficient (Wildman–Crippen LogP) is 5.34. The molecule has 13 heteroatoms. The van der Waals surface area contributed by atoms with Gasteiger partial charge < -0.3 is 10.1 Å². The number of ketones is 1. The fourth-order valence-electron chi connectivity index (χ4n) is 4.54. The minimum absolute atomic E-state index is 0.0601. The zero-order valence-corrected chi connectivity index (χ0v) is 21.3. The standard InChI is InChI=1S/C24H24ClF3N4O4S/c1-37(34,35)19-8-12(25)5-6-16(19)30-17-9-13(10-18(33)14-11-15(14)26)29-23-21(17)31-24(22(27)28)32(23)20-4-2-3-7-36-20/h5-6,8-9,14-15,20,22H,2-4,7,10-11H2,1H3,(H,29,30)/t14-,15+,20?/m0/s1. The number of hydrogen-bond donors (Lipinski definition) is 1. The molecule has 1 unspecified atom stereocenters. The number of nitrogens with zero attached hydrogens (tertiary/aromatic N) is 3. The third kappa shape index (κ3) is 5.32. The highest BCUT2D eigenvalue weighted by Crippen LogP contribution is 2.38. The molecule has 0 radical (unpaired) electrons. The molecule has 1 saturated heterocycles. The smallest absolute Gasteiger partial charge is 0.295 e. The number of anilines is 2. The summed E-state index contributed by atoms with van der Waals surface area (Å²) in [5.74, 6) is -1.60. The lowest BCUT2D eigenvalue weighted by Crippen LogP contribution is -2.21. The Kier molecular flexibility index (Phi) is 6.92. The number of hydrogen-bond acceptors (Lipinski definition) is 7. The quantitative estimate of drug-likeness (QED) is 0.399. The number of nitrogens with one attached hydrogen (secondary N) is 1. The summed E-state index contributed by atoms with van der Waals surface area (Å²) in [6, 6.07) is 5.65. The van der Waals surface area contributed by atoms with Crippen molar-refractivity contribution in [1.29, 1.82) is 0 Å². The number of rotatable bonds is 8. The van der Waals surface area contributed by atoms with Crippen molar-refractivity contribution >= 4 is 49.8 Å². The fraction of sp³-hybridized carbons (Fsp3) is 0.458. The lowest BCUT2D eigenvalue weighted by atomic mass is 10.1. The van der Waals surface area contributed by atoms with Crippen LogP contribution in [0.3, 0.4) is 0 Å². The number of carbonyl (C=O) groups is 1. The summed E-state index contributed by atoms with van der Waals surface area (Å²) in [4.78, 5) is 21.1. The van der Waals surface area contributed by atoms with E-state index >= 15 is 0 Å². The Morgan fingerprint density at radius 2 is 2.00 bits per heavy atom. The van der Waals surface area contributed by atoms with E-state index < -0.39 is 40.4 Å².